The second kappa shape index (κ2) is 8.19. The molecule has 11 heteroatoms. The molecule has 1 unspecified atom stereocenters. The van der Waals surface area contributed by atoms with Crippen LogP contribution in [0.2, 0.25) is 5.02 Å². The van der Waals surface area contributed by atoms with Gasteiger partial charge in [0.1, 0.15) is 24.0 Å². The standard InChI is InChI=1S/C19H17ClF4N4O2/c1-18(4-5-30-9-15(25)28-18)12-7-11(2-3-14(12)21)27-17(29)16-13(20)6-10(8-26-16)19(22,23)24/h2-3,6-8H,4-5,9H2,1H3,(H2,25,28)(H,27,29). The summed E-state index contributed by atoms with van der Waals surface area (Å²) in [6, 6.07) is 4.45. The largest absolute Gasteiger partial charge is 0.417 e. The van der Waals surface area contributed by atoms with Crippen LogP contribution in [0.4, 0.5) is 23.2 Å². The third-order valence-electron chi connectivity index (χ3n) is 4.56. The number of carbonyl (C=O) groups excluding carboxylic acids is 1. The Balaban J connectivity index is 1.89. The van der Waals surface area contributed by atoms with Gasteiger partial charge in [0.15, 0.2) is 0 Å². The molecule has 1 aliphatic rings. The number of ether oxygens (including phenoxy) is 1. The van der Waals surface area contributed by atoms with Crippen molar-refractivity contribution in [2.75, 3.05) is 18.5 Å². The Bertz CT molecular complexity index is 1010. The number of anilines is 1. The number of nitrogens with one attached hydrogen (secondary N) is 1. The number of alkyl halides is 3. The minimum absolute atomic E-state index is 0.131. The van der Waals surface area contributed by atoms with E-state index in [1.54, 1.807) is 6.92 Å². The first kappa shape index (κ1) is 22.0. The average Bonchev–Trinajstić information content (AvgIpc) is 2.83. The van der Waals surface area contributed by atoms with Crippen LogP contribution in [0.3, 0.4) is 0 Å². The smallest absolute Gasteiger partial charge is 0.386 e. The van der Waals surface area contributed by atoms with E-state index in [2.05, 4.69) is 15.3 Å². The monoisotopic (exact) mass is 444 g/mol. The highest BCUT2D eigenvalue weighted by atomic mass is 35.5. The summed E-state index contributed by atoms with van der Waals surface area (Å²) in [5, 5.41) is 2.00. The Morgan fingerprint density at radius 2 is 2.07 bits per heavy atom. The normalized spacial score (nSPS) is 19.7. The van der Waals surface area contributed by atoms with E-state index in [9.17, 15) is 22.4 Å². The number of amides is 1. The van der Waals surface area contributed by atoms with Crippen molar-refractivity contribution in [2.45, 2.75) is 25.1 Å². The van der Waals surface area contributed by atoms with Gasteiger partial charge in [-0.3, -0.25) is 9.79 Å². The van der Waals surface area contributed by atoms with E-state index >= 15 is 0 Å². The summed E-state index contributed by atoms with van der Waals surface area (Å²) in [6.45, 7) is 2.13. The van der Waals surface area contributed by atoms with Crippen molar-refractivity contribution >= 4 is 29.0 Å². The summed E-state index contributed by atoms with van der Waals surface area (Å²) in [7, 11) is 0. The number of nitrogens with zero attached hydrogens (tertiary/aromatic N) is 2. The SMILES string of the molecule is CC1(c2cc(NC(=O)c3ncc(C(F)(F)F)cc3Cl)ccc2F)CCOCC(N)=N1. The molecule has 3 N–H and O–H groups in total. The van der Waals surface area contributed by atoms with Crippen molar-refractivity contribution in [1.29, 1.82) is 0 Å². The Hall–Kier alpha value is -2.72. The van der Waals surface area contributed by atoms with Gasteiger partial charge < -0.3 is 15.8 Å². The molecule has 1 amide bonds. The molecule has 3 rings (SSSR count). The van der Waals surface area contributed by atoms with Gasteiger partial charge in [-0.05, 0) is 37.6 Å². The lowest BCUT2D eigenvalue weighted by atomic mass is 9.88. The number of carbonyl (C=O) groups is 1. The molecule has 0 bridgehead atoms. The second-order valence-corrected chi connectivity index (χ2v) is 7.29. The van der Waals surface area contributed by atoms with Crippen LogP contribution >= 0.6 is 11.6 Å². The molecule has 1 atom stereocenters. The van der Waals surface area contributed by atoms with E-state index in [0.29, 0.717) is 25.3 Å². The minimum Gasteiger partial charge on any atom is -0.386 e. The maximum absolute atomic E-state index is 14.5. The second-order valence-electron chi connectivity index (χ2n) is 6.88. The van der Waals surface area contributed by atoms with E-state index in [0.717, 1.165) is 6.07 Å². The third kappa shape index (κ3) is 4.71. The lowest BCUT2D eigenvalue weighted by Gasteiger charge is -2.25. The highest BCUT2D eigenvalue weighted by molar-refractivity contribution is 6.34. The molecule has 0 spiro atoms. The first-order valence-electron chi connectivity index (χ1n) is 8.76. The average molecular weight is 445 g/mol. The lowest BCUT2D eigenvalue weighted by molar-refractivity contribution is -0.137. The zero-order valence-corrected chi connectivity index (χ0v) is 16.4. The Kier molecular flexibility index (Phi) is 6.00. The summed E-state index contributed by atoms with van der Waals surface area (Å²) in [6.07, 6.45) is -3.77. The van der Waals surface area contributed by atoms with Crippen LogP contribution < -0.4 is 11.1 Å². The highest BCUT2D eigenvalue weighted by Crippen LogP contribution is 2.35. The molecule has 30 heavy (non-hydrogen) atoms. The van der Waals surface area contributed by atoms with Crippen LogP contribution in [0, 0.1) is 5.82 Å². The van der Waals surface area contributed by atoms with Crippen LogP contribution in [0.1, 0.15) is 35.0 Å². The number of nitrogens with two attached hydrogens (primary N) is 1. The molecule has 0 aliphatic carbocycles. The van der Waals surface area contributed by atoms with Crippen molar-refractivity contribution in [1.82, 2.24) is 4.98 Å². The van der Waals surface area contributed by atoms with Gasteiger partial charge >= 0.3 is 6.18 Å². The van der Waals surface area contributed by atoms with Crippen molar-refractivity contribution in [3.63, 3.8) is 0 Å². The van der Waals surface area contributed by atoms with Crippen molar-refractivity contribution in [3.8, 4) is 0 Å². The van der Waals surface area contributed by atoms with Gasteiger partial charge in [0.05, 0.1) is 16.1 Å². The molecule has 1 aliphatic heterocycles. The number of benzene rings is 1. The van der Waals surface area contributed by atoms with Gasteiger partial charge in [-0.2, -0.15) is 13.2 Å². The highest BCUT2D eigenvalue weighted by Gasteiger charge is 2.33. The minimum atomic E-state index is -4.64. The number of amidine groups is 1. The van der Waals surface area contributed by atoms with Crippen molar-refractivity contribution < 1.29 is 27.1 Å². The Morgan fingerprint density at radius 3 is 2.73 bits per heavy atom. The summed E-state index contributed by atoms with van der Waals surface area (Å²) < 4.78 is 58.1. The summed E-state index contributed by atoms with van der Waals surface area (Å²) >= 11 is 5.80. The Morgan fingerprint density at radius 1 is 1.33 bits per heavy atom. The van der Waals surface area contributed by atoms with Crippen molar-refractivity contribution in [2.24, 2.45) is 10.7 Å². The van der Waals surface area contributed by atoms with E-state index in [-0.39, 0.29) is 23.7 Å². The molecule has 2 heterocycles. The molecule has 0 saturated carbocycles. The zero-order chi connectivity index (χ0) is 22.1. The lowest BCUT2D eigenvalue weighted by Crippen LogP contribution is -2.26. The molecule has 0 saturated heterocycles. The van der Waals surface area contributed by atoms with Gasteiger partial charge in [-0.15, -0.1) is 0 Å². The molecule has 1 aromatic heterocycles. The number of rotatable bonds is 3. The molecular formula is C19H17ClF4N4O2. The molecule has 0 fully saturated rings. The van der Waals surface area contributed by atoms with E-state index in [4.69, 9.17) is 22.1 Å². The van der Waals surface area contributed by atoms with Gasteiger partial charge in [0.25, 0.3) is 5.91 Å². The molecular weight excluding hydrogens is 428 g/mol. The number of aliphatic imine (C=N–C) groups is 1. The van der Waals surface area contributed by atoms with Crippen LogP contribution in [-0.4, -0.2) is 29.9 Å². The molecule has 0 radical (unpaired) electrons. The number of halogens is 5. The predicted molar refractivity (Wildman–Crippen MR) is 103 cm³/mol. The maximum atomic E-state index is 14.5. The number of aromatic nitrogens is 1. The van der Waals surface area contributed by atoms with Crippen LogP contribution in [0.5, 0.6) is 0 Å². The maximum Gasteiger partial charge on any atom is 0.417 e. The number of hydrogen-bond donors (Lipinski definition) is 2. The van der Waals surface area contributed by atoms with E-state index in [1.165, 1.54) is 12.1 Å². The topological polar surface area (TPSA) is 89.6 Å². The molecule has 2 aromatic rings. The fourth-order valence-electron chi connectivity index (χ4n) is 3.01. The third-order valence-corrected chi connectivity index (χ3v) is 4.85. The predicted octanol–water partition coefficient (Wildman–Crippen LogP) is 4.14. The van der Waals surface area contributed by atoms with Crippen LogP contribution in [0.25, 0.3) is 0 Å². The first-order valence-corrected chi connectivity index (χ1v) is 9.13. The van der Waals surface area contributed by atoms with Gasteiger partial charge in [0.2, 0.25) is 0 Å². The van der Waals surface area contributed by atoms with E-state index in [1.807, 2.05) is 0 Å². The van der Waals surface area contributed by atoms with Crippen LogP contribution in [-0.2, 0) is 16.5 Å². The van der Waals surface area contributed by atoms with Gasteiger partial charge in [0, 0.05) is 24.1 Å². The first-order chi connectivity index (χ1) is 14.0. The summed E-state index contributed by atoms with van der Waals surface area (Å²) in [5.41, 5.74) is 3.66. The summed E-state index contributed by atoms with van der Waals surface area (Å²) in [5.74, 6) is -1.19. The molecule has 6 nitrogen and oxygen atoms in total. The van der Waals surface area contributed by atoms with Gasteiger partial charge in [-0.25, -0.2) is 9.37 Å². The van der Waals surface area contributed by atoms with Crippen LogP contribution in [0.15, 0.2) is 35.5 Å². The van der Waals surface area contributed by atoms with E-state index < -0.39 is 39.7 Å². The van der Waals surface area contributed by atoms with Gasteiger partial charge in [-0.1, -0.05) is 11.6 Å². The number of hydrogen-bond acceptors (Lipinski definition) is 5. The molecule has 160 valence electrons. The molecule has 1 aromatic carbocycles. The number of pyridine rings is 1. The Labute approximate surface area is 174 Å². The fraction of sp³-hybridized carbons (Fsp3) is 0.316. The zero-order valence-electron chi connectivity index (χ0n) is 15.7. The quantitative estimate of drug-likeness (QED) is 0.696. The van der Waals surface area contributed by atoms with Crippen molar-refractivity contribution in [3.05, 3.63) is 58.1 Å². The fourth-order valence-corrected chi connectivity index (χ4v) is 3.27. The summed E-state index contributed by atoms with van der Waals surface area (Å²) in [4.78, 5) is 20.3.